The van der Waals surface area contributed by atoms with E-state index in [1.54, 1.807) is 0 Å². The van der Waals surface area contributed by atoms with Crippen LogP contribution in [0.25, 0.3) is 106 Å². The maximum Gasteiger partial charge on any atom is 0.166 e. The molecule has 0 bridgehead atoms. The van der Waals surface area contributed by atoms with Gasteiger partial charge < -0.3 is 4.57 Å². The van der Waals surface area contributed by atoms with Gasteiger partial charge in [0.25, 0.3) is 0 Å². The normalized spacial score (nSPS) is 11.8. The fourth-order valence-corrected chi connectivity index (χ4v) is 8.27. The summed E-state index contributed by atoms with van der Waals surface area (Å²) in [5.41, 5.74) is 13.6. The minimum atomic E-state index is 0.625. The Labute approximate surface area is 306 Å². The molecule has 2 aromatic heterocycles. The van der Waals surface area contributed by atoms with Crippen molar-refractivity contribution < 1.29 is 0 Å². The summed E-state index contributed by atoms with van der Waals surface area (Å²) in [5.74, 6) is 1.89. The molecule has 0 unspecified atom stereocenters. The fourth-order valence-electron chi connectivity index (χ4n) is 8.27. The molecule has 1 aliphatic carbocycles. The van der Waals surface area contributed by atoms with Crippen molar-refractivity contribution in [3.63, 3.8) is 0 Å². The van der Waals surface area contributed by atoms with Crippen LogP contribution in [0.2, 0.25) is 0 Å². The average molecular weight is 675 g/mol. The van der Waals surface area contributed by atoms with Gasteiger partial charge in [-0.2, -0.15) is 0 Å². The molecule has 4 heteroatoms. The number of hydrogen-bond acceptors (Lipinski definition) is 3. The van der Waals surface area contributed by atoms with Crippen LogP contribution < -0.4 is 0 Å². The monoisotopic (exact) mass is 674 g/mol. The minimum absolute atomic E-state index is 0.625. The number of fused-ring (bicyclic) bond motifs is 6. The highest BCUT2D eigenvalue weighted by Gasteiger charge is 2.23. The van der Waals surface area contributed by atoms with Crippen LogP contribution in [0.3, 0.4) is 0 Å². The zero-order valence-corrected chi connectivity index (χ0v) is 28.6. The molecule has 11 rings (SSSR count). The summed E-state index contributed by atoms with van der Waals surface area (Å²) < 4.78 is 2.33. The predicted molar refractivity (Wildman–Crippen MR) is 218 cm³/mol. The summed E-state index contributed by atoms with van der Waals surface area (Å²) in [7, 11) is 0. The van der Waals surface area contributed by atoms with Crippen molar-refractivity contribution >= 4 is 32.6 Å². The molecule has 4 nitrogen and oxygen atoms in total. The second-order valence-corrected chi connectivity index (χ2v) is 13.6. The van der Waals surface area contributed by atoms with E-state index in [0.717, 1.165) is 39.0 Å². The maximum atomic E-state index is 5.26. The van der Waals surface area contributed by atoms with Gasteiger partial charge in [-0.05, 0) is 74.5 Å². The lowest BCUT2D eigenvalue weighted by atomic mass is 9.93. The zero-order valence-electron chi connectivity index (χ0n) is 28.6. The lowest BCUT2D eigenvalue weighted by molar-refractivity contribution is 1.06. The smallest absolute Gasteiger partial charge is 0.166 e. The molecule has 0 fully saturated rings. The molecule has 0 radical (unpaired) electrons. The van der Waals surface area contributed by atoms with Crippen LogP contribution in [0.1, 0.15) is 0 Å². The molecule has 246 valence electrons. The Hall–Kier alpha value is -7.17. The largest absolute Gasteiger partial charge is 0.309 e. The van der Waals surface area contributed by atoms with E-state index in [4.69, 9.17) is 15.0 Å². The number of benzene rings is 8. The molecule has 0 amide bonds. The third-order valence-electron chi connectivity index (χ3n) is 10.6. The Kier molecular flexibility index (Phi) is 6.52. The molecule has 0 aliphatic heterocycles. The summed E-state index contributed by atoms with van der Waals surface area (Å²) in [5, 5.41) is 4.98. The summed E-state index contributed by atoms with van der Waals surface area (Å²) in [6.45, 7) is 0. The number of nitrogens with zero attached hydrogens (tertiary/aromatic N) is 4. The molecule has 0 atom stereocenters. The van der Waals surface area contributed by atoms with Gasteiger partial charge in [0.05, 0.1) is 16.7 Å². The van der Waals surface area contributed by atoms with Crippen molar-refractivity contribution in [2.24, 2.45) is 0 Å². The van der Waals surface area contributed by atoms with Crippen LogP contribution in [0.5, 0.6) is 0 Å². The summed E-state index contributed by atoms with van der Waals surface area (Å²) in [4.78, 5) is 15.5. The lowest BCUT2D eigenvalue weighted by Crippen LogP contribution is -2.03. The second kappa shape index (κ2) is 11.7. The molecule has 2 heterocycles. The van der Waals surface area contributed by atoms with Gasteiger partial charge in [-0.15, -0.1) is 0 Å². The van der Waals surface area contributed by atoms with E-state index in [2.05, 4.69) is 168 Å². The Balaban J connectivity index is 1.10. The van der Waals surface area contributed by atoms with E-state index >= 15 is 0 Å². The first-order valence-corrected chi connectivity index (χ1v) is 18.0. The van der Waals surface area contributed by atoms with Crippen molar-refractivity contribution in [3.8, 4) is 73.2 Å². The molecule has 0 spiro atoms. The van der Waals surface area contributed by atoms with Crippen LogP contribution >= 0.6 is 0 Å². The highest BCUT2D eigenvalue weighted by molar-refractivity contribution is 6.18. The first kappa shape index (κ1) is 29.5. The molecular formula is C49H30N4. The number of hydrogen-bond donors (Lipinski definition) is 0. The van der Waals surface area contributed by atoms with Crippen molar-refractivity contribution in [1.29, 1.82) is 0 Å². The quantitative estimate of drug-likeness (QED) is 0.182. The Bertz CT molecular complexity index is 2980. The van der Waals surface area contributed by atoms with Crippen LogP contribution in [0, 0.1) is 0 Å². The van der Waals surface area contributed by atoms with Crippen LogP contribution in [-0.4, -0.2) is 19.5 Å². The second-order valence-electron chi connectivity index (χ2n) is 13.6. The van der Waals surface area contributed by atoms with Crippen LogP contribution in [0.4, 0.5) is 0 Å². The van der Waals surface area contributed by atoms with E-state index in [9.17, 15) is 0 Å². The molecule has 0 N–H and O–H groups in total. The SMILES string of the molecule is c1ccc(-c2nc(-c3cccc(-c4ccc5c6c(cccc46)-c4ccccc4-5)c3)nc(-c3ccccc3-n3c4ccccc4c4ccccc43)n2)cc1. The van der Waals surface area contributed by atoms with Crippen LogP contribution in [-0.2, 0) is 0 Å². The lowest BCUT2D eigenvalue weighted by Gasteiger charge is -2.15. The van der Waals surface area contributed by atoms with Crippen molar-refractivity contribution in [3.05, 3.63) is 182 Å². The van der Waals surface area contributed by atoms with E-state index in [1.807, 2.05) is 18.2 Å². The van der Waals surface area contributed by atoms with E-state index in [1.165, 1.54) is 49.4 Å². The molecule has 0 saturated heterocycles. The predicted octanol–water partition coefficient (Wildman–Crippen LogP) is 12.4. The van der Waals surface area contributed by atoms with Gasteiger partial charge in [-0.1, -0.05) is 152 Å². The first-order chi connectivity index (χ1) is 26.3. The van der Waals surface area contributed by atoms with Gasteiger partial charge in [-0.3, -0.25) is 0 Å². The third-order valence-corrected chi connectivity index (χ3v) is 10.6. The van der Waals surface area contributed by atoms with Gasteiger partial charge in [-0.25, -0.2) is 15.0 Å². The topological polar surface area (TPSA) is 43.6 Å². The van der Waals surface area contributed by atoms with Crippen molar-refractivity contribution in [2.45, 2.75) is 0 Å². The number of para-hydroxylation sites is 3. The number of rotatable bonds is 5. The highest BCUT2D eigenvalue weighted by atomic mass is 15.1. The summed E-state index contributed by atoms with van der Waals surface area (Å²) >= 11 is 0. The summed E-state index contributed by atoms with van der Waals surface area (Å²) in [6.07, 6.45) is 0. The summed E-state index contributed by atoms with van der Waals surface area (Å²) in [6, 6.07) is 64.3. The third kappa shape index (κ3) is 4.59. The molecule has 53 heavy (non-hydrogen) atoms. The van der Waals surface area contributed by atoms with E-state index in [0.29, 0.717) is 17.5 Å². The highest BCUT2D eigenvalue weighted by Crippen LogP contribution is 2.49. The van der Waals surface area contributed by atoms with Crippen LogP contribution in [0.15, 0.2) is 182 Å². The van der Waals surface area contributed by atoms with Gasteiger partial charge in [0.2, 0.25) is 0 Å². The molecule has 10 aromatic rings. The Morgan fingerprint density at radius 3 is 1.55 bits per heavy atom. The van der Waals surface area contributed by atoms with E-state index in [-0.39, 0.29) is 0 Å². The van der Waals surface area contributed by atoms with E-state index < -0.39 is 0 Å². The van der Waals surface area contributed by atoms with Gasteiger partial charge in [0.15, 0.2) is 17.5 Å². The maximum absolute atomic E-state index is 5.26. The molecule has 8 aromatic carbocycles. The Morgan fingerprint density at radius 2 is 0.792 bits per heavy atom. The standard InChI is InChI=1S/C49H30N4/c1-2-14-31(15-3-1)47-50-48(33-17-12-16-32(30-33)34-28-29-41-36-19-5-4-18-35(36)40-24-13-23-39(34)46(40)41)52-49(51-47)42-22-8-11-27-45(42)53-43-25-9-6-20-37(43)38-21-7-10-26-44(38)53/h1-30H. The van der Waals surface area contributed by atoms with Crippen molar-refractivity contribution in [2.75, 3.05) is 0 Å². The Morgan fingerprint density at radius 1 is 0.302 bits per heavy atom. The fraction of sp³-hybridized carbons (Fsp3) is 0. The van der Waals surface area contributed by atoms with Gasteiger partial charge >= 0.3 is 0 Å². The molecular weight excluding hydrogens is 645 g/mol. The van der Waals surface area contributed by atoms with Gasteiger partial charge in [0.1, 0.15) is 0 Å². The van der Waals surface area contributed by atoms with Gasteiger partial charge in [0, 0.05) is 27.5 Å². The average Bonchev–Trinajstić information content (AvgIpc) is 3.75. The number of aromatic nitrogens is 4. The minimum Gasteiger partial charge on any atom is -0.309 e. The zero-order chi connectivity index (χ0) is 34.9. The molecule has 0 saturated carbocycles. The molecule has 1 aliphatic rings. The van der Waals surface area contributed by atoms with Crippen molar-refractivity contribution in [1.82, 2.24) is 19.5 Å². The first-order valence-electron chi connectivity index (χ1n) is 18.0.